The second kappa shape index (κ2) is 9.92. The van der Waals surface area contributed by atoms with Crippen LogP contribution in [0.4, 0.5) is 17.1 Å². The molecule has 0 radical (unpaired) electrons. The number of nitrogens with two attached hydrogens (primary N) is 1. The molecule has 0 atom stereocenters. The molecule has 0 spiro atoms. The monoisotopic (exact) mass is 564 g/mol. The average Bonchev–Trinajstić information content (AvgIpc) is 3.03. The van der Waals surface area contributed by atoms with Crippen molar-refractivity contribution < 1.29 is 22.8 Å². The third-order valence-electron chi connectivity index (χ3n) is 5.01. The molecule has 36 heavy (non-hydrogen) atoms. The van der Waals surface area contributed by atoms with Gasteiger partial charge in [-0.15, -0.1) is 0 Å². The van der Waals surface area contributed by atoms with Crippen LogP contribution in [0.25, 0.3) is 0 Å². The van der Waals surface area contributed by atoms with E-state index in [0.717, 1.165) is 4.90 Å². The molecular formula is C23H15Cl3N4O5S. The van der Waals surface area contributed by atoms with Crippen molar-refractivity contribution in [3.05, 3.63) is 93.1 Å². The number of hydrogen-bond acceptors (Lipinski definition) is 6. The van der Waals surface area contributed by atoms with Crippen LogP contribution in [0.3, 0.4) is 0 Å². The highest BCUT2D eigenvalue weighted by Gasteiger charge is 2.40. The number of benzene rings is 3. The number of halogens is 3. The van der Waals surface area contributed by atoms with Crippen LogP contribution < -0.4 is 20.7 Å². The second-order valence-electron chi connectivity index (χ2n) is 7.46. The Hall–Kier alpha value is -3.41. The predicted molar refractivity (Wildman–Crippen MR) is 138 cm³/mol. The maximum atomic E-state index is 13.0. The Kier molecular flexibility index (Phi) is 7.07. The molecule has 184 valence electrons. The van der Waals surface area contributed by atoms with E-state index >= 15 is 0 Å². The predicted octanol–water partition coefficient (Wildman–Crippen LogP) is 4.33. The van der Waals surface area contributed by atoms with E-state index in [1.54, 1.807) is 12.1 Å². The van der Waals surface area contributed by atoms with E-state index in [4.69, 9.17) is 39.9 Å². The third kappa shape index (κ3) is 5.23. The molecule has 0 bridgehead atoms. The van der Waals surface area contributed by atoms with Crippen molar-refractivity contribution >= 4 is 79.6 Å². The van der Waals surface area contributed by atoms with E-state index in [1.165, 1.54) is 54.6 Å². The second-order valence-corrected chi connectivity index (χ2v) is 10.2. The molecule has 3 aromatic carbocycles. The largest absolute Gasteiger partial charge is 0.350 e. The summed E-state index contributed by atoms with van der Waals surface area (Å²) in [6.07, 6.45) is 0. The molecule has 1 aliphatic rings. The smallest absolute Gasteiger partial charge is 0.283 e. The molecule has 0 saturated carbocycles. The summed E-state index contributed by atoms with van der Waals surface area (Å²) < 4.78 is 22.8. The van der Waals surface area contributed by atoms with E-state index in [-0.39, 0.29) is 36.9 Å². The lowest BCUT2D eigenvalue weighted by atomic mass is 10.1. The Morgan fingerprint density at radius 1 is 0.861 bits per heavy atom. The van der Waals surface area contributed by atoms with Crippen molar-refractivity contribution in [1.29, 1.82) is 0 Å². The summed E-state index contributed by atoms with van der Waals surface area (Å²) in [6.45, 7) is 0. The number of sulfonamides is 1. The molecule has 4 rings (SSSR count). The number of imide groups is 1. The number of carbonyl (C=O) groups excluding carboxylic acids is 3. The molecule has 0 unspecified atom stereocenters. The number of nitrogens with one attached hydrogen (secondary N) is 2. The first-order chi connectivity index (χ1) is 17.0. The van der Waals surface area contributed by atoms with Gasteiger partial charge in [0.15, 0.2) is 0 Å². The molecule has 0 saturated heterocycles. The maximum absolute atomic E-state index is 13.0. The van der Waals surface area contributed by atoms with Gasteiger partial charge in [0.25, 0.3) is 17.7 Å². The van der Waals surface area contributed by atoms with E-state index in [9.17, 15) is 22.8 Å². The average molecular weight is 566 g/mol. The first kappa shape index (κ1) is 25.7. The zero-order valence-electron chi connectivity index (χ0n) is 18.0. The van der Waals surface area contributed by atoms with Crippen LogP contribution in [0.5, 0.6) is 0 Å². The van der Waals surface area contributed by atoms with Crippen LogP contribution in [0.1, 0.15) is 10.4 Å². The molecule has 3 aromatic rings. The van der Waals surface area contributed by atoms with Crippen LogP contribution in [-0.4, -0.2) is 26.1 Å². The van der Waals surface area contributed by atoms with Gasteiger partial charge < -0.3 is 10.6 Å². The van der Waals surface area contributed by atoms with E-state index in [0.29, 0.717) is 11.4 Å². The quantitative estimate of drug-likeness (QED) is 0.380. The highest BCUT2D eigenvalue weighted by molar-refractivity contribution is 7.89. The molecule has 1 heterocycles. The van der Waals surface area contributed by atoms with Crippen LogP contribution in [0, 0.1) is 0 Å². The first-order valence-corrected chi connectivity index (χ1v) is 12.7. The zero-order chi connectivity index (χ0) is 26.2. The van der Waals surface area contributed by atoms with E-state index < -0.39 is 27.7 Å². The van der Waals surface area contributed by atoms with Gasteiger partial charge in [0.05, 0.1) is 15.6 Å². The molecule has 3 amide bonds. The van der Waals surface area contributed by atoms with Crippen LogP contribution in [0.15, 0.2) is 82.4 Å². The summed E-state index contributed by atoms with van der Waals surface area (Å²) in [5.41, 5.74) is 0.728. The van der Waals surface area contributed by atoms with Gasteiger partial charge in [-0.2, -0.15) is 0 Å². The summed E-state index contributed by atoms with van der Waals surface area (Å²) in [7, 11) is -3.86. The number of nitrogens with zero attached hydrogens (tertiary/aromatic N) is 1. The lowest BCUT2D eigenvalue weighted by molar-refractivity contribution is -0.120. The van der Waals surface area contributed by atoms with Crippen LogP contribution in [0.2, 0.25) is 10.0 Å². The molecule has 0 fully saturated rings. The Bertz CT molecular complexity index is 1560. The summed E-state index contributed by atoms with van der Waals surface area (Å²) in [4.78, 5) is 39.1. The summed E-state index contributed by atoms with van der Waals surface area (Å²) in [5, 5.41) is 10.5. The van der Waals surface area contributed by atoms with E-state index in [2.05, 4.69) is 10.6 Å². The highest BCUT2D eigenvalue weighted by Crippen LogP contribution is 2.35. The fourth-order valence-electron chi connectivity index (χ4n) is 3.30. The molecule has 0 aromatic heterocycles. The lowest BCUT2D eigenvalue weighted by Gasteiger charge is -2.17. The lowest BCUT2D eigenvalue weighted by Crippen LogP contribution is -2.32. The minimum Gasteiger partial charge on any atom is -0.350 e. The molecule has 9 nitrogen and oxygen atoms in total. The van der Waals surface area contributed by atoms with Gasteiger partial charge in [-0.05, 0) is 60.7 Å². The number of amides is 3. The standard InChI is InChI=1S/C23H15Cl3N4O5S/c24-13-4-9-17(25)18(11-13)30-22(32)19(26)20(23(30)33)28-15-3-1-2-12(10-15)21(31)29-14-5-7-16(8-6-14)36(27,34)35/h1-11,28H,(H,29,31)(H2,27,34,35). The molecule has 4 N–H and O–H groups in total. The SMILES string of the molecule is NS(=O)(=O)c1ccc(NC(=O)c2cccc(NC3=C(Cl)C(=O)N(c4cc(Cl)ccc4Cl)C3=O)c2)cc1. The van der Waals surface area contributed by atoms with Gasteiger partial charge in [-0.25, -0.2) is 18.5 Å². The number of primary sulfonamides is 1. The zero-order valence-corrected chi connectivity index (χ0v) is 21.0. The Morgan fingerprint density at radius 2 is 1.56 bits per heavy atom. The molecule has 1 aliphatic heterocycles. The van der Waals surface area contributed by atoms with Gasteiger partial charge in [-0.3, -0.25) is 14.4 Å². The van der Waals surface area contributed by atoms with Crippen molar-refractivity contribution in [3.8, 4) is 0 Å². The number of rotatable bonds is 6. The number of carbonyl (C=O) groups is 3. The topological polar surface area (TPSA) is 139 Å². The Morgan fingerprint density at radius 3 is 2.22 bits per heavy atom. The Balaban J connectivity index is 1.53. The fourth-order valence-corrected chi connectivity index (χ4v) is 4.40. The van der Waals surface area contributed by atoms with Crippen molar-refractivity contribution in [2.24, 2.45) is 5.14 Å². The van der Waals surface area contributed by atoms with Crippen molar-refractivity contribution in [2.45, 2.75) is 4.90 Å². The number of hydrogen-bond donors (Lipinski definition) is 3. The summed E-state index contributed by atoms with van der Waals surface area (Å²) >= 11 is 18.3. The third-order valence-corrected chi connectivity index (χ3v) is 6.85. The van der Waals surface area contributed by atoms with Crippen molar-refractivity contribution in [1.82, 2.24) is 0 Å². The van der Waals surface area contributed by atoms with Gasteiger partial charge in [0.1, 0.15) is 10.7 Å². The molecule has 0 aliphatic carbocycles. The van der Waals surface area contributed by atoms with E-state index in [1.807, 2.05) is 0 Å². The molecular weight excluding hydrogens is 551 g/mol. The minimum atomic E-state index is -3.86. The van der Waals surface area contributed by atoms with Gasteiger partial charge in [0.2, 0.25) is 10.0 Å². The van der Waals surface area contributed by atoms with Crippen LogP contribution in [-0.2, 0) is 19.6 Å². The normalized spacial score (nSPS) is 13.8. The summed E-state index contributed by atoms with van der Waals surface area (Å²) in [6, 6.07) is 15.7. The van der Waals surface area contributed by atoms with Crippen molar-refractivity contribution in [3.63, 3.8) is 0 Å². The Labute approximate surface area is 220 Å². The highest BCUT2D eigenvalue weighted by atomic mass is 35.5. The minimum absolute atomic E-state index is 0.0794. The van der Waals surface area contributed by atoms with Crippen LogP contribution >= 0.6 is 34.8 Å². The molecule has 13 heteroatoms. The number of anilines is 3. The van der Waals surface area contributed by atoms with Crippen molar-refractivity contribution in [2.75, 3.05) is 15.5 Å². The maximum Gasteiger partial charge on any atom is 0.283 e. The summed E-state index contributed by atoms with van der Waals surface area (Å²) in [5.74, 6) is -2.05. The fraction of sp³-hybridized carbons (Fsp3) is 0. The van der Waals surface area contributed by atoms with Gasteiger partial charge in [0, 0.05) is 22.0 Å². The first-order valence-electron chi connectivity index (χ1n) is 10.0. The van der Waals surface area contributed by atoms with Gasteiger partial charge in [-0.1, -0.05) is 40.9 Å². The van der Waals surface area contributed by atoms with Gasteiger partial charge >= 0.3 is 0 Å².